The van der Waals surface area contributed by atoms with E-state index in [1.54, 1.807) is 13.8 Å². The van der Waals surface area contributed by atoms with Crippen molar-refractivity contribution < 1.29 is 23.1 Å². The molecule has 0 atom stereocenters. The van der Waals surface area contributed by atoms with Crippen LogP contribution in [-0.4, -0.2) is 25.8 Å². The number of benzene rings is 1. The first-order valence-corrected chi connectivity index (χ1v) is 7.06. The molecule has 0 unspecified atom stereocenters. The molecular weight excluding hydrogens is 323 g/mol. The van der Waals surface area contributed by atoms with Crippen LogP contribution in [0.4, 0.5) is 13.2 Å². The van der Waals surface area contributed by atoms with Gasteiger partial charge in [0.25, 0.3) is 0 Å². The topological polar surface area (TPSA) is 68.0 Å². The van der Waals surface area contributed by atoms with Crippen LogP contribution in [-0.2, 0) is 0 Å². The summed E-state index contributed by atoms with van der Waals surface area (Å²) in [6.45, 7) is 3.59. The number of aromatic nitrogens is 3. The van der Waals surface area contributed by atoms with Crippen molar-refractivity contribution in [1.29, 1.82) is 0 Å². The number of carboxylic acids is 1. The lowest BCUT2D eigenvalue weighted by Crippen LogP contribution is -2.08. The highest BCUT2D eigenvalue weighted by atomic mass is 19.2. The molecule has 124 valence electrons. The minimum absolute atomic E-state index is 0.00273. The Hall–Kier alpha value is -2.90. The Kier molecular flexibility index (Phi) is 3.75. The Labute approximate surface area is 134 Å². The Morgan fingerprint density at radius 3 is 2.54 bits per heavy atom. The lowest BCUT2D eigenvalue weighted by Gasteiger charge is -2.11. The summed E-state index contributed by atoms with van der Waals surface area (Å²) in [5.74, 6) is -4.90. The minimum atomic E-state index is -1.35. The normalized spacial score (nSPS) is 11.4. The fourth-order valence-corrected chi connectivity index (χ4v) is 2.66. The molecule has 0 aliphatic rings. The number of hydrogen-bond acceptors (Lipinski definition) is 3. The van der Waals surface area contributed by atoms with Gasteiger partial charge in [0.2, 0.25) is 0 Å². The number of carboxylic acid groups (broad SMARTS) is 1. The molecule has 3 rings (SSSR count). The molecule has 2 heterocycles. The summed E-state index contributed by atoms with van der Waals surface area (Å²) < 4.78 is 41.9. The van der Waals surface area contributed by atoms with Crippen LogP contribution in [0.3, 0.4) is 0 Å². The number of nitrogens with zero attached hydrogens (tertiary/aromatic N) is 3. The fraction of sp³-hybridized carbons (Fsp3) is 0.188. The highest BCUT2D eigenvalue weighted by Crippen LogP contribution is 2.30. The largest absolute Gasteiger partial charge is 0.478 e. The first-order valence-electron chi connectivity index (χ1n) is 7.06. The maximum absolute atomic E-state index is 14.0. The van der Waals surface area contributed by atoms with E-state index in [9.17, 15) is 23.1 Å². The number of fused-ring (bicyclic) bond motifs is 1. The molecule has 0 spiro atoms. The molecule has 0 radical (unpaired) electrons. The van der Waals surface area contributed by atoms with Gasteiger partial charge in [-0.2, -0.15) is 5.10 Å². The highest BCUT2D eigenvalue weighted by Gasteiger charge is 2.22. The summed E-state index contributed by atoms with van der Waals surface area (Å²) in [6.07, 6.45) is 2.44. The van der Waals surface area contributed by atoms with Gasteiger partial charge in [-0.15, -0.1) is 0 Å². The summed E-state index contributed by atoms with van der Waals surface area (Å²) >= 11 is 0. The highest BCUT2D eigenvalue weighted by molar-refractivity contribution is 5.95. The van der Waals surface area contributed by atoms with E-state index in [1.165, 1.54) is 6.20 Å². The molecule has 5 nitrogen and oxygen atoms in total. The zero-order valence-electron chi connectivity index (χ0n) is 12.7. The molecule has 24 heavy (non-hydrogen) atoms. The first kappa shape index (κ1) is 16.0. The van der Waals surface area contributed by atoms with Crippen LogP contribution in [0.25, 0.3) is 16.7 Å². The summed E-state index contributed by atoms with van der Waals surface area (Å²) in [5.41, 5.74) is 0.152. The molecule has 1 aromatic carbocycles. The molecule has 0 aliphatic heterocycles. The number of pyridine rings is 1. The van der Waals surface area contributed by atoms with Gasteiger partial charge in [0.15, 0.2) is 17.3 Å². The molecular formula is C16H12F3N3O2. The second-order valence-electron chi connectivity index (χ2n) is 5.56. The van der Waals surface area contributed by atoms with Gasteiger partial charge >= 0.3 is 5.97 Å². The van der Waals surface area contributed by atoms with Gasteiger partial charge in [-0.25, -0.2) is 27.6 Å². The van der Waals surface area contributed by atoms with Crippen LogP contribution in [0.1, 0.15) is 35.7 Å². The van der Waals surface area contributed by atoms with Gasteiger partial charge in [0.1, 0.15) is 11.5 Å². The lowest BCUT2D eigenvalue weighted by atomic mass is 9.96. The van der Waals surface area contributed by atoms with Gasteiger partial charge in [-0.3, -0.25) is 0 Å². The summed E-state index contributed by atoms with van der Waals surface area (Å²) in [4.78, 5) is 15.4. The third-order valence-electron chi connectivity index (χ3n) is 3.65. The Balaban J connectivity index is 2.34. The van der Waals surface area contributed by atoms with Crippen molar-refractivity contribution in [3.05, 3.63) is 53.1 Å². The third kappa shape index (κ3) is 2.40. The van der Waals surface area contributed by atoms with E-state index < -0.39 is 29.1 Å². The fourth-order valence-electron chi connectivity index (χ4n) is 2.66. The minimum Gasteiger partial charge on any atom is -0.478 e. The Bertz CT molecular complexity index is 967. The second kappa shape index (κ2) is 5.63. The average molecular weight is 335 g/mol. The van der Waals surface area contributed by atoms with Crippen LogP contribution < -0.4 is 0 Å². The smallest absolute Gasteiger partial charge is 0.337 e. The summed E-state index contributed by atoms with van der Waals surface area (Å²) in [5, 5.41) is 13.6. The zero-order chi connectivity index (χ0) is 17.6. The summed E-state index contributed by atoms with van der Waals surface area (Å²) in [7, 11) is 0. The molecule has 0 saturated carbocycles. The molecule has 8 heteroatoms. The van der Waals surface area contributed by atoms with Crippen LogP contribution in [0.5, 0.6) is 0 Å². The van der Waals surface area contributed by atoms with E-state index >= 15 is 0 Å². The molecule has 0 amide bonds. The van der Waals surface area contributed by atoms with E-state index in [0.29, 0.717) is 17.0 Å². The number of aromatic carboxylic acids is 1. The molecule has 3 aromatic rings. The SMILES string of the molecule is CC(C)c1c(C(=O)O)cnc2c1cnn2-c1cc(F)cc(F)c1F. The number of halogens is 3. The van der Waals surface area contributed by atoms with E-state index in [1.807, 2.05) is 0 Å². The van der Waals surface area contributed by atoms with Crippen LogP contribution >= 0.6 is 0 Å². The van der Waals surface area contributed by atoms with Crippen molar-refractivity contribution in [3.63, 3.8) is 0 Å². The van der Waals surface area contributed by atoms with Crippen molar-refractivity contribution in [3.8, 4) is 5.69 Å². The van der Waals surface area contributed by atoms with Gasteiger partial charge < -0.3 is 5.11 Å². The molecule has 0 bridgehead atoms. The van der Waals surface area contributed by atoms with Crippen molar-refractivity contribution >= 4 is 17.0 Å². The third-order valence-corrected chi connectivity index (χ3v) is 3.65. The predicted octanol–water partition coefficient (Wildman–Crippen LogP) is 3.66. The Morgan fingerprint density at radius 1 is 1.21 bits per heavy atom. The average Bonchev–Trinajstić information content (AvgIpc) is 2.93. The molecule has 0 saturated heterocycles. The van der Waals surface area contributed by atoms with Crippen LogP contribution in [0, 0.1) is 17.5 Å². The van der Waals surface area contributed by atoms with E-state index in [0.717, 1.165) is 16.9 Å². The number of carbonyl (C=O) groups is 1. The second-order valence-corrected chi connectivity index (χ2v) is 5.56. The zero-order valence-corrected chi connectivity index (χ0v) is 12.7. The Morgan fingerprint density at radius 2 is 1.92 bits per heavy atom. The van der Waals surface area contributed by atoms with Crippen molar-refractivity contribution in [2.45, 2.75) is 19.8 Å². The monoisotopic (exact) mass is 335 g/mol. The van der Waals surface area contributed by atoms with Gasteiger partial charge in [0, 0.05) is 23.7 Å². The summed E-state index contributed by atoms with van der Waals surface area (Å²) in [6, 6.07) is 1.23. The maximum Gasteiger partial charge on any atom is 0.337 e. The molecule has 1 N–H and O–H groups in total. The maximum atomic E-state index is 14.0. The van der Waals surface area contributed by atoms with Gasteiger partial charge in [-0.05, 0) is 11.5 Å². The number of rotatable bonds is 3. The van der Waals surface area contributed by atoms with Crippen LogP contribution in [0.15, 0.2) is 24.5 Å². The van der Waals surface area contributed by atoms with Crippen LogP contribution in [0.2, 0.25) is 0 Å². The van der Waals surface area contributed by atoms with Crippen molar-refractivity contribution in [2.24, 2.45) is 0 Å². The van der Waals surface area contributed by atoms with Gasteiger partial charge in [0.05, 0.1) is 11.8 Å². The van der Waals surface area contributed by atoms with E-state index in [4.69, 9.17) is 0 Å². The number of hydrogen-bond donors (Lipinski definition) is 1. The standard InChI is InChI=1S/C16H12F3N3O2/c1-7(2)13-9-6-21-22(15(9)20-5-10(13)16(23)24)12-4-8(17)3-11(18)14(12)19/h3-7H,1-2H3,(H,23,24). The van der Waals surface area contributed by atoms with E-state index in [-0.39, 0.29) is 17.1 Å². The molecule has 0 fully saturated rings. The van der Waals surface area contributed by atoms with E-state index in [2.05, 4.69) is 10.1 Å². The lowest BCUT2D eigenvalue weighted by molar-refractivity contribution is 0.0695. The van der Waals surface area contributed by atoms with Crippen molar-refractivity contribution in [1.82, 2.24) is 14.8 Å². The van der Waals surface area contributed by atoms with Gasteiger partial charge in [-0.1, -0.05) is 13.8 Å². The quantitative estimate of drug-likeness (QED) is 0.742. The first-order chi connectivity index (χ1) is 11.3. The molecule has 0 aliphatic carbocycles. The van der Waals surface area contributed by atoms with Crippen molar-refractivity contribution in [2.75, 3.05) is 0 Å². The molecule has 2 aromatic heterocycles. The predicted molar refractivity (Wildman–Crippen MR) is 79.8 cm³/mol.